The number of aliphatic hydroxyl groups is 2. The lowest BCUT2D eigenvalue weighted by molar-refractivity contribution is -0.136. The Morgan fingerprint density at radius 2 is 1.93 bits per heavy atom. The second-order valence-corrected chi connectivity index (χ2v) is 6.84. The lowest BCUT2D eigenvalue weighted by Crippen LogP contribution is -2.18. The van der Waals surface area contributed by atoms with Crippen LogP contribution in [0.3, 0.4) is 0 Å². The van der Waals surface area contributed by atoms with Crippen molar-refractivity contribution in [2.24, 2.45) is 11.8 Å². The van der Waals surface area contributed by atoms with E-state index in [2.05, 4.69) is 0 Å². The Bertz CT molecular complexity index is 573. The van der Waals surface area contributed by atoms with Crippen LogP contribution in [0.25, 0.3) is 0 Å². The van der Waals surface area contributed by atoms with E-state index in [1.165, 1.54) is 0 Å². The average molecular weight is 376 g/mol. The van der Waals surface area contributed by atoms with Crippen molar-refractivity contribution in [1.29, 1.82) is 0 Å². The Morgan fingerprint density at radius 1 is 1.19 bits per heavy atom. The summed E-state index contributed by atoms with van der Waals surface area (Å²) in [4.78, 5) is 22.6. The van der Waals surface area contributed by atoms with Gasteiger partial charge in [-0.25, -0.2) is 0 Å². The number of ketones is 1. The van der Waals surface area contributed by atoms with Gasteiger partial charge in [0.1, 0.15) is 5.78 Å². The number of aliphatic carboxylic acids is 1. The maximum atomic E-state index is 12.1. The number of carbonyl (C=O) groups is 2. The molecule has 0 heterocycles. The molecule has 4 unspecified atom stereocenters. The summed E-state index contributed by atoms with van der Waals surface area (Å²) in [5, 5.41) is 28.7. The molecule has 1 aliphatic rings. The summed E-state index contributed by atoms with van der Waals surface area (Å²) in [6.07, 6.45) is 17.2. The third-order valence-corrected chi connectivity index (χ3v) is 4.59. The maximum Gasteiger partial charge on any atom is 0.303 e. The highest BCUT2D eigenvalue weighted by molar-refractivity contribution is 5.84. The predicted octanol–water partition coefficient (Wildman–Crippen LogP) is 3.58. The van der Waals surface area contributed by atoms with Gasteiger partial charge in [-0.05, 0) is 32.1 Å². The van der Waals surface area contributed by atoms with Gasteiger partial charge in [0.05, 0.1) is 12.2 Å². The van der Waals surface area contributed by atoms with Crippen LogP contribution in [-0.4, -0.2) is 39.3 Å². The molecular weight excluding hydrogens is 344 g/mol. The SMILES string of the molecule is CC/C=C\CC(O)/C=C/C1C(O)CC(=O)C1C/C=C\C/C=C\CCC(=O)O. The molecule has 0 aromatic rings. The van der Waals surface area contributed by atoms with E-state index in [1.807, 2.05) is 43.4 Å². The molecule has 5 nitrogen and oxygen atoms in total. The molecule has 0 radical (unpaired) electrons. The van der Waals surface area contributed by atoms with Crippen LogP contribution in [0.4, 0.5) is 0 Å². The van der Waals surface area contributed by atoms with Crippen molar-refractivity contribution < 1.29 is 24.9 Å². The molecule has 0 amide bonds. The third kappa shape index (κ3) is 9.50. The second kappa shape index (κ2) is 13.2. The van der Waals surface area contributed by atoms with Gasteiger partial charge in [0.15, 0.2) is 0 Å². The van der Waals surface area contributed by atoms with Crippen LogP contribution in [0.5, 0.6) is 0 Å². The summed E-state index contributed by atoms with van der Waals surface area (Å²) in [7, 11) is 0. The molecule has 0 aromatic carbocycles. The van der Waals surface area contributed by atoms with Gasteiger partial charge >= 0.3 is 5.97 Å². The lowest BCUT2D eigenvalue weighted by atomic mass is 9.90. The third-order valence-electron chi connectivity index (χ3n) is 4.59. The number of carbonyl (C=O) groups excluding carboxylic acids is 1. The number of hydrogen-bond acceptors (Lipinski definition) is 4. The molecule has 0 aromatic heterocycles. The molecule has 0 aliphatic heterocycles. The highest BCUT2D eigenvalue weighted by Gasteiger charge is 2.39. The zero-order valence-corrected chi connectivity index (χ0v) is 16.0. The summed E-state index contributed by atoms with van der Waals surface area (Å²) in [5.74, 6) is -1.28. The summed E-state index contributed by atoms with van der Waals surface area (Å²) >= 11 is 0. The smallest absolute Gasteiger partial charge is 0.303 e. The van der Waals surface area contributed by atoms with E-state index in [1.54, 1.807) is 12.2 Å². The molecule has 150 valence electrons. The van der Waals surface area contributed by atoms with Gasteiger partial charge in [0, 0.05) is 24.7 Å². The van der Waals surface area contributed by atoms with Gasteiger partial charge in [-0.15, -0.1) is 0 Å². The fourth-order valence-corrected chi connectivity index (χ4v) is 3.10. The highest BCUT2D eigenvalue weighted by atomic mass is 16.4. The van der Waals surface area contributed by atoms with Crippen molar-refractivity contribution in [2.45, 2.75) is 64.1 Å². The van der Waals surface area contributed by atoms with Crippen LogP contribution >= 0.6 is 0 Å². The first-order valence-corrected chi connectivity index (χ1v) is 9.69. The number of aliphatic hydroxyl groups excluding tert-OH is 2. The van der Waals surface area contributed by atoms with Gasteiger partial charge < -0.3 is 15.3 Å². The average Bonchev–Trinajstić information content (AvgIpc) is 2.88. The van der Waals surface area contributed by atoms with Gasteiger partial charge in [-0.2, -0.15) is 0 Å². The van der Waals surface area contributed by atoms with Gasteiger partial charge in [-0.3, -0.25) is 9.59 Å². The molecule has 0 spiro atoms. The minimum atomic E-state index is -0.806. The molecule has 0 saturated heterocycles. The van der Waals surface area contributed by atoms with Crippen molar-refractivity contribution in [3.8, 4) is 0 Å². The molecule has 1 aliphatic carbocycles. The molecular formula is C22H32O5. The first-order valence-electron chi connectivity index (χ1n) is 9.69. The topological polar surface area (TPSA) is 94.8 Å². The number of rotatable bonds is 12. The van der Waals surface area contributed by atoms with Crippen LogP contribution in [-0.2, 0) is 9.59 Å². The molecule has 0 bridgehead atoms. The Kier molecular flexibility index (Phi) is 11.3. The van der Waals surface area contributed by atoms with Gasteiger partial charge in [0.2, 0.25) is 0 Å². The molecule has 3 N–H and O–H groups in total. The van der Waals surface area contributed by atoms with Crippen LogP contribution in [0.1, 0.15) is 51.9 Å². The predicted molar refractivity (Wildman–Crippen MR) is 106 cm³/mol. The number of carboxylic acid groups (broad SMARTS) is 1. The van der Waals surface area contributed by atoms with Crippen molar-refractivity contribution >= 4 is 11.8 Å². The van der Waals surface area contributed by atoms with E-state index >= 15 is 0 Å². The fraction of sp³-hybridized carbons (Fsp3) is 0.545. The van der Waals surface area contributed by atoms with E-state index in [-0.39, 0.29) is 30.5 Å². The van der Waals surface area contributed by atoms with Crippen molar-refractivity contribution in [2.75, 3.05) is 0 Å². The minimum Gasteiger partial charge on any atom is -0.481 e. The van der Waals surface area contributed by atoms with Crippen molar-refractivity contribution in [1.82, 2.24) is 0 Å². The molecule has 1 rings (SSSR count). The number of Topliss-reactive ketones (excluding diaryl/α,β-unsaturated/α-hetero) is 1. The maximum absolute atomic E-state index is 12.1. The monoisotopic (exact) mass is 376 g/mol. The van der Waals surface area contributed by atoms with Gasteiger partial charge in [0.25, 0.3) is 0 Å². The zero-order valence-electron chi connectivity index (χ0n) is 16.0. The Hall–Kier alpha value is -1.98. The van der Waals surface area contributed by atoms with Crippen LogP contribution in [0.2, 0.25) is 0 Å². The molecule has 1 fully saturated rings. The van der Waals surface area contributed by atoms with Crippen LogP contribution < -0.4 is 0 Å². The van der Waals surface area contributed by atoms with E-state index < -0.39 is 18.2 Å². The molecule has 5 heteroatoms. The summed E-state index contributed by atoms with van der Waals surface area (Å²) in [6.45, 7) is 2.03. The first-order chi connectivity index (χ1) is 13.0. The largest absolute Gasteiger partial charge is 0.481 e. The zero-order chi connectivity index (χ0) is 20.1. The number of allylic oxidation sites excluding steroid dienone is 5. The Balaban J connectivity index is 2.48. The lowest BCUT2D eigenvalue weighted by Gasteiger charge is -2.16. The minimum absolute atomic E-state index is 0.0548. The number of hydrogen-bond donors (Lipinski definition) is 3. The van der Waals surface area contributed by atoms with Gasteiger partial charge in [-0.1, -0.05) is 55.5 Å². The molecule has 27 heavy (non-hydrogen) atoms. The first kappa shape index (κ1) is 23.1. The number of carboxylic acids is 1. The Morgan fingerprint density at radius 3 is 2.63 bits per heavy atom. The molecule has 4 atom stereocenters. The quantitative estimate of drug-likeness (QED) is 0.453. The highest BCUT2D eigenvalue weighted by Crippen LogP contribution is 2.33. The van der Waals surface area contributed by atoms with Crippen LogP contribution in [0.15, 0.2) is 48.6 Å². The normalized spacial score (nSPS) is 24.9. The van der Waals surface area contributed by atoms with E-state index in [9.17, 15) is 19.8 Å². The van der Waals surface area contributed by atoms with E-state index in [0.29, 0.717) is 25.7 Å². The van der Waals surface area contributed by atoms with Crippen molar-refractivity contribution in [3.63, 3.8) is 0 Å². The summed E-state index contributed by atoms with van der Waals surface area (Å²) < 4.78 is 0. The molecule has 1 saturated carbocycles. The standard InChI is InChI=1S/C22H32O5/c1-2-3-8-11-17(23)14-15-19-18(20(24)16-21(19)25)12-9-6-4-5-7-10-13-22(26)27/h3,5-9,14-15,17-19,21,23,25H,2,4,10-13,16H2,1H3,(H,26,27)/b7-5-,8-3-,9-6-,15-14+. The summed E-state index contributed by atoms with van der Waals surface area (Å²) in [6, 6.07) is 0. The van der Waals surface area contributed by atoms with Crippen molar-refractivity contribution in [3.05, 3.63) is 48.6 Å². The van der Waals surface area contributed by atoms with Crippen LogP contribution in [0, 0.1) is 11.8 Å². The second-order valence-electron chi connectivity index (χ2n) is 6.84. The summed E-state index contributed by atoms with van der Waals surface area (Å²) in [5.41, 5.74) is 0. The van der Waals surface area contributed by atoms with E-state index in [4.69, 9.17) is 5.11 Å². The Labute approximate surface area is 161 Å². The van der Waals surface area contributed by atoms with E-state index in [0.717, 1.165) is 6.42 Å². The fourth-order valence-electron chi connectivity index (χ4n) is 3.10.